The van der Waals surface area contributed by atoms with Gasteiger partial charge in [0.05, 0.1) is 5.56 Å². The lowest BCUT2D eigenvalue weighted by molar-refractivity contribution is 0.0913. The average molecular weight is 353 g/mol. The third-order valence-corrected chi connectivity index (χ3v) is 4.62. The second kappa shape index (κ2) is 7.40. The fourth-order valence-electron chi connectivity index (χ4n) is 3.28. The van der Waals surface area contributed by atoms with E-state index < -0.39 is 0 Å². The van der Waals surface area contributed by atoms with Crippen molar-refractivity contribution in [3.63, 3.8) is 0 Å². The summed E-state index contributed by atoms with van der Waals surface area (Å²) in [7, 11) is 0. The molecular formula is C17H25ClN4O2. The lowest BCUT2D eigenvalue weighted by atomic mass is 9.95. The molecular weight excluding hydrogens is 328 g/mol. The van der Waals surface area contributed by atoms with E-state index in [4.69, 9.17) is 4.52 Å². The van der Waals surface area contributed by atoms with Crippen molar-refractivity contribution in [3.05, 3.63) is 34.8 Å². The summed E-state index contributed by atoms with van der Waals surface area (Å²) in [6.45, 7) is 9.84. The van der Waals surface area contributed by atoms with Crippen molar-refractivity contribution in [1.82, 2.24) is 20.4 Å². The molecule has 2 aromatic rings. The van der Waals surface area contributed by atoms with Gasteiger partial charge < -0.3 is 15.2 Å². The second-order valence-corrected chi connectivity index (χ2v) is 6.47. The molecule has 0 saturated carbocycles. The number of piperidine rings is 1. The number of aromatic nitrogens is 2. The lowest BCUT2D eigenvalue weighted by Crippen LogP contribution is -2.48. The van der Waals surface area contributed by atoms with E-state index in [2.05, 4.69) is 22.7 Å². The molecule has 1 saturated heterocycles. The number of rotatable bonds is 3. The molecule has 6 nitrogen and oxygen atoms in total. The minimum atomic E-state index is -0.0108. The Hall–Kier alpha value is -1.79. The van der Waals surface area contributed by atoms with Crippen molar-refractivity contribution >= 4 is 18.3 Å². The maximum absolute atomic E-state index is 12.7. The summed E-state index contributed by atoms with van der Waals surface area (Å²) in [6, 6.07) is 4.01. The Labute approximate surface area is 148 Å². The van der Waals surface area contributed by atoms with E-state index in [0.29, 0.717) is 17.3 Å². The Morgan fingerprint density at radius 1 is 1.38 bits per heavy atom. The molecule has 132 valence electrons. The van der Waals surface area contributed by atoms with Gasteiger partial charge in [-0.25, -0.2) is 0 Å². The first-order chi connectivity index (χ1) is 11.0. The number of nitrogens with zero attached hydrogens (tertiary/aromatic N) is 2. The molecule has 2 atom stereocenters. The quantitative estimate of drug-likeness (QED) is 0.890. The molecule has 0 bridgehead atoms. The third-order valence-electron chi connectivity index (χ3n) is 4.62. The van der Waals surface area contributed by atoms with Gasteiger partial charge in [-0.1, -0.05) is 12.1 Å². The van der Waals surface area contributed by atoms with Gasteiger partial charge in [0.1, 0.15) is 5.76 Å². The smallest absolute Gasteiger partial charge is 0.253 e. The SMILES string of the molecule is Cc1cc(-n2c(C)cc(C(=O)NC3CCNCC3C)c2C)no1.Cl. The average Bonchev–Trinajstić information content (AvgIpc) is 3.05. The van der Waals surface area contributed by atoms with Crippen LogP contribution in [0.2, 0.25) is 0 Å². The van der Waals surface area contributed by atoms with Crippen molar-refractivity contribution in [3.8, 4) is 5.82 Å². The topological polar surface area (TPSA) is 72.1 Å². The van der Waals surface area contributed by atoms with Crippen LogP contribution in [0, 0.1) is 26.7 Å². The van der Waals surface area contributed by atoms with Crippen LogP contribution in [0.25, 0.3) is 5.82 Å². The Morgan fingerprint density at radius 2 is 2.12 bits per heavy atom. The van der Waals surface area contributed by atoms with Gasteiger partial charge in [0.2, 0.25) is 0 Å². The zero-order chi connectivity index (χ0) is 16.6. The molecule has 1 fully saturated rings. The van der Waals surface area contributed by atoms with E-state index in [0.717, 1.165) is 36.7 Å². The Bertz CT molecular complexity index is 722. The van der Waals surface area contributed by atoms with Crippen LogP contribution in [0.1, 0.15) is 40.9 Å². The summed E-state index contributed by atoms with van der Waals surface area (Å²) in [6.07, 6.45) is 0.966. The molecule has 2 unspecified atom stereocenters. The largest absolute Gasteiger partial charge is 0.360 e. The number of aryl methyl sites for hydroxylation is 2. The first-order valence-electron chi connectivity index (χ1n) is 8.11. The van der Waals surface area contributed by atoms with Crippen LogP contribution in [-0.4, -0.2) is 34.8 Å². The third kappa shape index (κ3) is 3.49. The molecule has 0 aliphatic carbocycles. The molecule has 1 aliphatic rings. The molecule has 1 aliphatic heterocycles. The number of amides is 1. The Balaban J connectivity index is 0.00000208. The van der Waals surface area contributed by atoms with Gasteiger partial charge in [-0.2, -0.15) is 0 Å². The molecule has 2 N–H and O–H groups in total. The van der Waals surface area contributed by atoms with Gasteiger partial charge in [-0.05, 0) is 52.3 Å². The summed E-state index contributed by atoms with van der Waals surface area (Å²) < 4.78 is 7.11. The monoisotopic (exact) mass is 352 g/mol. The van der Waals surface area contributed by atoms with Crippen LogP contribution in [0.3, 0.4) is 0 Å². The minimum Gasteiger partial charge on any atom is -0.360 e. The highest BCUT2D eigenvalue weighted by Crippen LogP contribution is 2.21. The standard InChI is InChI=1S/C17H24N4O2.ClH/c1-10-9-18-6-5-15(10)19-17(22)14-7-11(2)21(13(14)4)16-8-12(3)23-20-16;/h7-8,10,15,18H,5-6,9H2,1-4H3,(H,19,22);1H. The summed E-state index contributed by atoms with van der Waals surface area (Å²) in [5, 5.41) is 10.6. The zero-order valence-corrected chi connectivity index (χ0v) is 15.4. The maximum Gasteiger partial charge on any atom is 0.253 e. The van der Waals surface area contributed by atoms with Gasteiger partial charge in [-0.3, -0.25) is 9.36 Å². The molecule has 1 amide bonds. The minimum absolute atomic E-state index is 0. The van der Waals surface area contributed by atoms with Crippen molar-refractivity contribution in [1.29, 1.82) is 0 Å². The fourth-order valence-corrected chi connectivity index (χ4v) is 3.28. The number of hydrogen-bond donors (Lipinski definition) is 2. The van der Waals surface area contributed by atoms with Gasteiger partial charge in [0.25, 0.3) is 5.91 Å². The number of carbonyl (C=O) groups is 1. The molecule has 0 spiro atoms. The van der Waals surface area contributed by atoms with Crippen LogP contribution in [-0.2, 0) is 0 Å². The van der Waals surface area contributed by atoms with Gasteiger partial charge in [0, 0.05) is 23.5 Å². The Morgan fingerprint density at radius 3 is 2.75 bits per heavy atom. The summed E-state index contributed by atoms with van der Waals surface area (Å²) in [5.74, 6) is 1.89. The van der Waals surface area contributed by atoms with Crippen LogP contribution in [0.5, 0.6) is 0 Å². The van der Waals surface area contributed by atoms with Crippen LogP contribution in [0.4, 0.5) is 0 Å². The van der Waals surface area contributed by atoms with Crippen molar-refractivity contribution in [2.45, 2.75) is 40.2 Å². The summed E-state index contributed by atoms with van der Waals surface area (Å²) in [4.78, 5) is 12.7. The summed E-state index contributed by atoms with van der Waals surface area (Å²) >= 11 is 0. The van der Waals surface area contributed by atoms with Crippen LogP contribution in [0.15, 0.2) is 16.7 Å². The fraction of sp³-hybridized carbons (Fsp3) is 0.529. The summed E-state index contributed by atoms with van der Waals surface area (Å²) in [5.41, 5.74) is 2.56. The normalized spacial score (nSPS) is 20.5. The highest BCUT2D eigenvalue weighted by Gasteiger charge is 2.25. The van der Waals surface area contributed by atoms with Crippen molar-refractivity contribution in [2.75, 3.05) is 13.1 Å². The lowest BCUT2D eigenvalue weighted by Gasteiger charge is -2.30. The van der Waals surface area contributed by atoms with Crippen molar-refractivity contribution < 1.29 is 9.32 Å². The molecule has 3 heterocycles. The van der Waals surface area contributed by atoms with E-state index in [1.807, 2.05) is 37.5 Å². The van der Waals surface area contributed by atoms with Crippen LogP contribution < -0.4 is 10.6 Å². The maximum atomic E-state index is 12.7. The molecule has 0 radical (unpaired) electrons. The molecule has 3 rings (SSSR count). The number of hydrogen-bond acceptors (Lipinski definition) is 4. The molecule has 24 heavy (non-hydrogen) atoms. The number of carbonyl (C=O) groups excluding carboxylic acids is 1. The highest BCUT2D eigenvalue weighted by atomic mass is 35.5. The second-order valence-electron chi connectivity index (χ2n) is 6.47. The van der Waals surface area contributed by atoms with E-state index >= 15 is 0 Å². The first-order valence-corrected chi connectivity index (χ1v) is 8.11. The zero-order valence-electron chi connectivity index (χ0n) is 14.5. The number of halogens is 1. The number of nitrogens with one attached hydrogen (secondary N) is 2. The molecule has 0 aromatic carbocycles. The van der Waals surface area contributed by atoms with E-state index in [1.54, 1.807) is 0 Å². The highest BCUT2D eigenvalue weighted by molar-refractivity contribution is 5.96. The van der Waals surface area contributed by atoms with Gasteiger partial charge in [0.15, 0.2) is 5.82 Å². The molecule has 2 aromatic heterocycles. The van der Waals surface area contributed by atoms with Crippen LogP contribution >= 0.6 is 12.4 Å². The van der Waals surface area contributed by atoms with Gasteiger partial charge >= 0.3 is 0 Å². The predicted octanol–water partition coefficient (Wildman–Crippen LogP) is 2.54. The van der Waals surface area contributed by atoms with E-state index in [1.165, 1.54) is 0 Å². The van der Waals surface area contributed by atoms with E-state index in [9.17, 15) is 4.79 Å². The van der Waals surface area contributed by atoms with Gasteiger partial charge in [-0.15, -0.1) is 12.4 Å². The first kappa shape index (κ1) is 18.5. The molecule has 7 heteroatoms. The predicted molar refractivity (Wildman–Crippen MR) is 95.2 cm³/mol. The Kier molecular flexibility index (Phi) is 5.72. The van der Waals surface area contributed by atoms with E-state index in [-0.39, 0.29) is 24.4 Å². The van der Waals surface area contributed by atoms with Crippen molar-refractivity contribution in [2.24, 2.45) is 5.92 Å².